The van der Waals surface area contributed by atoms with E-state index >= 15 is 0 Å². The van der Waals surface area contributed by atoms with Crippen LogP contribution in [0, 0.1) is 5.82 Å². The van der Waals surface area contributed by atoms with Gasteiger partial charge in [0.25, 0.3) is 0 Å². The van der Waals surface area contributed by atoms with Crippen LogP contribution in [0.3, 0.4) is 0 Å². The average Bonchev–Trinajstić information content (AvgIpc) is 3.43. The van der Waals surface area contributed by atoms with Gasteiger partial charge in [-0.05, 0) is 66.1 Å². The van der Waals surface area contributed by atoms with Gasteiger partial charge in [-0.2, -0.15) is 5.10 Å². The Morgan fingerprint density at radius 2 is 1.84 bits per heavy atom. The summed E-state index contributed by atoms with van der Waals surface area (Å²) in [7, 11) is 0. The van der Waals surface area contributed by atoms with Crippen LogP contribution in [-0.2, 0) is 0 Å². The second-order valence-corrected chi connectivity index (χ2v) is 7.81. The van der Waals surface area contributed by atoms with Crippen molar-refractivity contribution >= 4 is 27.5 Å². The molecule has 0 bridgehead atoms. The van der Waals surface area contributed by atoms with Crippen LogP contribution in [0.4, 0.5) is 4.39 Å². The summed E-state index contributed by atoms with van der Waals surface area (Å²) in [6.07, 6.45) is 3.18. The summed E-state index contributed by atoms with van der Waals surface area (Å²) in [5, 5.41) is 12.1. The molecule has 1 aliphatic heterocycles. The molecule has 31 heavy (non-hydrogen) atoms. The van der Waals surface area contributed by atoms with Crippen LogP contribution in [0.1, 0.15) is 12.1 Å². The molecule has 0 fully saturated rings. The minimum Gasteiger partial charge on any atom is -0.353 e. The highest BCUT2D eigenvalue weighted by Gasteiger charge is 2.16. The lowest BCUT2D eigenvalue weighted by atomic mass is 10.0. The number of halogens is 1. The van der Waals surface area contributed by atoms with Gasteiger partial charge in [0.15, 0.2) is 0 Å². The van der Waals surface area contributed by atoms with Crippen molar-refractivity contribution in [3.05, 3.63) is 78.3 Å². The van der Waals surface area contributed by atoms with Crippen molar-refractivity contribution in [2.75, 3.05) is 13.1 Å². The second-order valence-electron chi connectivity index (χ2n) is 7.81. The van der Waals surface area contributed by atoms with Crippen molar-refractivity contribution in [2.24, 2.45) is 0 Å². The second kappa shape index (κ2) is 7.18. The normalized spacial score (nSPS) is 14.3. The SMILES string of the molecule is Fc1ccc(-c2cccc3[nH]c(-c4n[nH]c5ccc(C6=CCNCC6)nc45)cc23)cc1. The van der Waals surface area contributed by atoms with E-state index in [9.17, 15) is 4.39 Å². The number of aromatic nitrogens is 4. The Kier molecular flexibility index (Phi) is 4.18. The van der Waals surface area contributed by atoms with Crippen LogP contribution in [-0.4, -0.2) is 33.3 Å². The third-order valence-electron chi connectivity index (χ3n) is 5.88. The van der Waals surface area contributed by atoms with Gasteiger partial charge in [0.05, 0.1) is 16.9 Å². The molecule has 0 atom stereocenters. The zero-order chi connectivity index (χ0) is 20.8. The van der Waals surface area contributed by atoms with Crippen molar-refractivity contribution in [1.82, 2.24) is 25.5 Å². The highest BCUT2D eigenvalue weighted by molar-refractivity contribution is 6.00. The summed E-state index contributed by atoms with van der Waals surface area (Å²) in [6.45, 7) is 1.85. The van der Waals surface area contributed by atoms with Gasteiger partial charge < -0.3 is 10.3 Å². The summed E-state index contributed by atoms with van der Waals surface area (Å²) < 4.78 is 13.4. The van der Waals surface area contributed by atoms with E-state index in [1.165, 1.54) is 17.7 Å². The Balaban J connectivity index is 1.48. The van der Waals surface area contributed by atoms with Gasteiger partial charge in [-0.3, -0.25) is 5.10 Å². The van der Waals surface area contributed by atoms with E-state index in [0.29, 0.717) is 0 Å². The number of fused-ring (bicyclic) bond motifs is 2. The van der Waals surface area contributed by atoms with Gasteiger partial charge in [-0.25, -0.2) is 9.37 Å². The van der Waals surface area contributed by atoms with Crippen molar-refractivity contribution < 1.29 is 4.39 Å². The molecule has 0 radical (unpaired) electrons. The van der Waals surface area contributed by atoms with Gasteiger partial charge in [-0.1, -0.05) is 30.3 Å². The van der Waals surface area contributed by atoms with Gasteiger partial charge >= 0.3 is 0 Å². The molecule has 0 saturated carbocycles. The summed E-state index contributed by atoms with van der Waals surface area (Å²) in [6, 6.07) is 18.9. The first-order valence-corrected chi connectivity index (χ1v) is 10.4. The molecule has 3 aromatic heterocycles. The Bertz CT molecular complexity index is 1440. The molecule has 2 aromatic carbocycles. The van der Waals surface area contributed by atoms with E-state index in [-0.39, 0.29) is 5.82 Å². The smallest absolute Gasteiger partial charge is 0.135 e. The van der Waals surface area contributed by atoms with Crippen LogP contribution >= 0.6 is 0 Å². The lowest BCUT2D eigenvalue weighted by Gasteiger charge is -2.13. The molecule has 5 nitrogen and oxygen atoms in total. The van der Waals surface area contributed by atoms with Crippen LogP contribution in [0.15, 0.2) is 66.7 Å². The fraction of sp³-hybridized carbons (Fsp3) is 0.120. The standard InChI is InChI=1S/C25H20FN5/c26-17-6-4-15(5-7-17)18-2-1-3-21-19(18)14-23(28-21)25-24-22(30-31-25)9-8-20(29-24)16-10-12-27-13-11-16/h1-10,14,27-28H,11-13H2,(H,30,31). The monoisotopic (exact) mass is 409 g/mol. The molecule has 0 unspecified atom stereocenters. The first-order chi connectivity index (χ1) is 15.3. The fourth-order valence-corrected chi connectivity index (χ4v) is 4.28. The predicted octanol–water partition coefficient (Wildman–Crippen LogP) is 5.29. The number of aromatic amines is 2. The number of nitrogens with one attached hydrogen (secondary N) is 3. The first kappa shape index (κ1) is 18.0. The van der Waals surface area contributed by atoms with Gasteiger partial charge in [0.1, 0.15) is 17.0 Å². The highest BCUT2D eigenvalue weighted by Crippen LogP contribution is 2.34. The number of H-pyrrole nitrogens is 2. The van der Waals surface area contributed by atoms with E-state index in [1.807, 2.05) is 18.2 Å². The van der Waals surface area contributed by atoms with Crippen molar-refractivity contribution in [3.63, 3.8) is 0 Å². The maximum absolute atomic E-state index is 13.4. The molecule has 0 spiro atoms. The van der Waals surface area contributed by atoms with E-state index in [4.69, 9.17) is 4.98 Å². The molecule has 1 aliphatic rings. The molecule has 0 amide bonds. The third kappa shape index (κ3) is 3.12. The minimum absolute atomic E-state index is 0.237. The zero-order valence-corrected chi connectivity index (χ0v) is 16.7. The number of benzene rings is 2. The van der Waals surface area contributed by atoms with Crippen LogP contribution in [0.25, 0.3) is 50.0 Å². The van der Waals surface area contributed by atoms with E-state index in [0.717, 1.165) is 69.7 Å². The lowest BCUT2D eigenvalue weighted by Crippen LogP contribution is -2.20. The van der Waals surface area contributed by atoms with E-state index in [2.05, 4.69) is 44.8 Å². The van der Waals surface area contributed by atoms with E-state index in [1.54, 1.807) is 12.1 Å². The number of pyridine rings is 1. The maximum Gasteiger partial charge on any atom is 0.135 e. The third-order valence-corrected chi connectivity index (χ3v) is 5.88. The molecule has 152 valence electrons. The van der Waals surface area contributed by atoms with Gasteiger partial charge in [-0.15, -0.1) is 0 Å². The predicted molar refractivity (Wildman–Crippen MR) is 122 cm³/mol. The van der Waals surface area contributed by atoms with Crippen LogP contribution < -0.4 is 5.32 Å². The molecule has 6 rings (SSSR count). The summed E-state index contributed by atoms with van der Waals surface area (Å²) in [5.41, 5.74) is 8.76. The Labute approximate surface area is 178 Å². The van der Waals surface area contributed by atoms with E-state index < -0.39 is 0 Å². The van der Waals surface area contributed by atoms with Crippen molar-refractivity contribution in [3.8, 4) is 22.5 Å². The quantitative estimate of drug-likeness (QED) is 0.379. The molecular formula is C25H20FN5. The lowest BCUT2D eigenvalue weighted by molar-refractivity contribution is 0.628. The minimum atomic E-state index is -0.237. The Morgan fingerprint density at radius 3 is 2.68 bits per heavy atom. The highest BCUT2D eigenvalue weighted by atomic mass is 19.1. The molecule has 3 N–H and O–H groups in total. The zero-order valence-electron chi connectivity index (χ0n) is 16.7. The fourth-order valence-electron chi connectivity index (χ4n) is 4.28. The molecule has 0 saturated heterocycles. The average molecular weight is 409 g/mol. The van der Waals surface area contributed by atoms with Crippen LogP contribution in [0.5, 0.6) is 0 Å². The Hall–Kier alpha value is -3.77. The summed E-state index contributed by atoms with van der Waals surface area (Å²) in [5.74, 6) is -0.237. The molecule has 0 aliphatic carbocycles. The molecule has 4 heterocycles. The van der Waals surface area contributed by atoms with Crippen molar-refractivity contribution in [2.45, 2.75) is 6.42 Å². The van der Waals surface area contributed by atoms with Crippen LogP contribution in [0.2, 0.25) is 0 Å². The largest absolute Gasteiger partial charge is 0.353 e. The molecular weight excluding hydrogens is 389 g/mol. The van der Waals surface area contributed by atoms with Gasteiger partial charge in [0.2, 0.25) is 0 Å². The first-order valence-electron chi connectivity index (χ1n) is 10.4. The van der Waals surface area contributed by atoms with Gasteiger partial charge in [0, 0.05) is 17.4 Å². The Morgan fingerprint density at radius 1 is 0.935 bits per heavy atom. The number of hydrogen-bond acceptors (Lipinski definition) is 3. The molecule has 5 aromatic rings. The summed E-state index contributed by atoms with van der Waals surface area (Å²) >= 11 is 0. The van der Waals surface area contributed by atoms with Crippen molar-refractivity contribution in [1.29, 1.82) is 0 Å². The molecule has 6 heteroatoms. The number of rotatable bonds is 3. The number of nitrogens with zero attached hydrogens (tertiary/aromatic N) is 2. The maximum atomic E-state index is 13.4. The topological polar surface area (TPSA) is 69.4 Å². The summed E-state index contributed by atoms with van der Waals surface area (Å²) in [4.78, 5) is 8.43. The number of hydrogen-bond donors (Lipinski definition) is 3.